The fourth-order valence-electron chi connectivity index (χ4n) is 6.78. The Hall–Kier alpha value is -0.120. The molecule has 4 saturated carbocycles. The highest BCUT2D eigenvalue weighted by Gasteiger charge is 2.41. The fraction of sp³-hybridized carbons (Fsp3) is 1.00. The molecule has 0 aromatic carbocycles. The summed E-state index contributed by atoms with van der Waals surface area (Å²) in [6, 6.07) is 0. The summed E-state index contributed by atoms with van der Waals surface area (Å²) in [7, 11) is 0. The minimum Gasteiger partial charge on any atom is -0.379 e. The van der Waals surface area contributed by atoms with Crippen LogP contribution in [0.1, 0.15) is 103 Å². The second kappa shape index (κ2) is 12.1. The van der Waals surface area contributed by atoms with Gasteiger partial charge in [0, 0.05) is 13.2 Å². The van der Waals surface area contributed by atoms with Crippen LogP contribution >= 0.6 is 0 Å². The van der Waals surface area contributed by atoms with Crippen molar-refractivity contribution in [3.8, 4) is 0 Å². The van der Waals surface area contributed by atoms with Crippen LogP contribution in [0.3, 0.4) is 0 Å². The monoisotopic (exact) mass is 406 g/mol. The van der Waals surface area contributed by atoms with E-state index in [-0.39, 0.29) is 0 Å². The van der Waals surface area contributed by atoms with Gasteiger partial charge in [-0.15, -0.1) is 0 Å². The minimum absolute atomic E-state index is 0.452. The van der Waals surface area contributed by atoms with Gasteiger partial charge in [0.25, 0.3) is 0 Å². The van der Waals surface area contributed by atoms with Crippen molar-refractivity contribution in [1.82, 2.24) is 0 Å². The molecule has 3 heteroatoms. The van der Waals surface area contributed by atoms with Crippen molar-refractivity contribution in [1.29, 1.82) is 0 Å². The summed E-state index contributed by atoms with van der Waals surface area (Å²) < 4.78 is 19.0. The molecule has 4 aliphatic carbocycles. The zero-order valence-corrected chi connectivity index (χ0v) is 18.8. The molecule has 0 spiro atoms. The molecule has 29 heavy (non-hydrogen) atoms. The number of ether oxygens (including phenoxy) is 3. The maximum Gasteiger partial charge on any atom is 0.0704 e. The average molecular weight is 407 g/mol. The Morgan fingerprint density at radius 1 is 0.448 bits per heavy atom. The Labute approximate surface area is 179 Å². The van der Waals surface area contributed by atoms with Gasteiger partial charge in [-0.2, -0.15) is 0 Å². The van der Waals surface area contributed by atoms with Crippen molar-refractivity contribution < 1.29 is 14.2 Å². The van der Waals surface area contributed by atoms with E-state index in [1.54, 1.807) is 0 Å². The van der Waals surface area contributed by atoms with E-state index in [4.69, 9.17) is 14.2 Å². The Balaban J connectivity index is 1.16. The van der Waals surface area contributed by atoms with Crippen molar-refractivity contribution in [3.63, 3.8) is 0 Å². The van der Waals surface area contributed by atoms with Gasteiger partial charge in [-0.3, -0.25) is 0 Å². The van der Waals surface area contributed by atoms with Gasteiger partial charge in [-0.25, -0.2) is 0 Å². The van der Waals surface area contributed by atoms with Crippen LogP contribution in [0.4, 0.5) is 0 Å². The van der Waals surface area contributed by atoms with Crippen LogP contribution in [0.25, 0.3) is 0 Å². The molecule has 0 radical (unpaired) electrons. The van der Waals surface area contributed by atoms with Gasteiger partial charge in [-0.1, -0.05) is 51.4 Å². The first-order valence-electron chi connectivity index (χ1n) is 13.2. The van der Waals surface area contributed by atoms with Crippen LogP contribution in [0, 0.1) is 23.7 Å². The standard InChI is InChI=1S/C26H46O3/c1-3-9-21(10-4-1)19-27-17-18-28-25-15-7-14-24-23(25)13-8-16-26(24)29-20-22-11-5-2-6-12-22/h21-26H,1-20H2. The number of rotatable bonds is 9. The predicted octanol–water partition coefficient (Wildman–Crippen LogP) is 6.53. The minimum atomic E-state index is 0.452. The Morgan fingerprint density at radius 3 is 1.62 bits per heavy atom. The highest BCUT2D eigenvalue weighted by molar-refractivity contribution is 4.91. The van der Waals surface area contributed by atoms with Crippen LogP contribution < -0.4 is 0 Å². The summed E-state index contributed by atoms with van der Waals surface area (Å²) >= 11 is 0. The van der Waals surface area contributed by atoms with E-state index in [1.165, 1.54) is 103 Å². The highest BCUT2D eigenvalue weighted by Crippen LogP contribution is 2.43. The molecule has 0 aliphatic heterocycles. The van der Waals surface area contributed by atoms with Crippen LogP contribution in [0.5, 0.6) is 0 Å². The first kappa shape index (κ1) is 22.1. The summed E-state index contributed by atoms with van der Waals surface area (Å²) in [4.78, 5) is 0. The summed E-state index contributed by atoms with van der Waals surface area (Å²) in [5, 5.41) is 0. The molecular formula is C26H46O3. The Morgan fingerprint density at radius 2 is 1.00 bits per heavy atom. The van der Waals surface area contributed by atoms with E-state index in [0.29, 0.717) is 12.2 Å². The largest absolute Gasteiger partial charge is 0.379 e. The molecule has 0 N–H and O–H groups in total. The maximum absolute atomic E-state index is 6.57. The third kappa shape index (κ3) is 6.68. The third-order valence-corrected chi connectivity index (χ3v) is 8.47. The molecule has 0 bridgehead atoms. The smallest absolute Gasteiger partial charge is 0.0704 e. The summed E-state index contributed by atoms with van der Waals surface area (Å²) in [6.45, 7) is 3.55. The first-order chi connectivity index (χ1) is 14.4. The van der Waals surface area contributed by atoms with Gasteiger partial charge in [0.1, 0.15) is 0 Å². The maximum atomic E-state index is 6.57. The lowest BCUT2D eigenvalue weighted by Crippen LogP contribution is -2.44. The van der Waals surface area contributed by atoms with E-state index >= 15 is 0 Å². The first-order valence-corrected chi connectivity index (χ1v) is 13.2. The zero-order chi connectivity index (χ0) is 19.7. The molecule has 0 heterocycles. The molecule has 0 saturated heterocycles. The molecule has 3 nitrogen and oxygen atoms in total. The SMILES string of the molecule is C1CCC(COCCOC2CCCC3C(OCC4CCCCC4)CCCC23)CC1. The van der Waals surface area contributed by atoms with Gasteiger partial charge in [0.05, 0.1) is 25.4 Å². The van der Waals surface area contributed by atoms with Gasteiger partial charge >= 0.3 is 0 Å². The van der Waals surface area contributed by atoms with E-state index in [9.17, 15) is 0 Å². The lowest BCUT2D eigenvalue weighted by atomic mass is 9.68. The molecule has 0 aromatic rings. The lowest BCUT2D eigenvalue weighted by Gasteiger charge is -2.45. The molecule has 4 unspecified atom stereocenters. The molecule has 168 valence electrons. The van der Waals surface area contributed by atoms with Gasteiger partial charge in [0.2, 0.25) is 0 Å². The second-order valence-corrected chi connectivity index (χ2v) is 10.6. The van der Waals surface area contributed by atoms with Gasteiger partial charge in [-0.05, 0) is 75.0 Å². The second-order valence-electron chi connectivity index (χ2n) is 10.6. The van der Waals surface area contributed by atoms with Gasteiger partial charge in [0.15, 0.2) is 0 Å². The summed E-state index contributed by atoms with van der Waals surface area (Å²) in [5.74, 6) is 3.12. The summed E-state index contributed by atoms with van der Waals surface area (Å²) in [6.07, 6.45) is 22.9. The molecule has 4 fully saturated rings. The predicted molar refractivity (Wildman–Crippen MR) is 118 cm³/mol. The zero-order valence-electron chi connectivity index (χ0n) is 18.8. The number of hydrogen-bond donors (Lipinski definition) is 0. The van der Waals surface area contributed by atoms with Crippen molar-refractivity contribution in [2.24, 2.45) is 23.7 Å². The number of fused-ring (bicyclic) bond motifs is 1. The average Bonchev–Trinajstić information content (AvgIpc) is 2.79. The van der Waals surface area contributed by atoms with E-state index in [0.717, 1.165) is 50.1 Å². The molecule has 4 rings (SSSR count). The topological polar surface area (TPSA) is 27.7 Å². The third-order valence-electron chi connectivity index (χ3n) is 8.47. The normalized spacial score (nSPS) is 34.8. The molecule has 0 amide bonds. The molecular weight excluding hydrogens is 360 g/mol. The van der Waals surface area contributed by atoms with Crippen LogP contribution in [-0.4, -0.2) is 38.6 Å². The van der Waals surface area contributed by atoms with Crippen LogP contribution in [-0.2, 0) is 14.2 Å². The highest BCUT2D eigenvalue weighted by atomic mass is 16.5. The molecule has 4 aliphatic rings. The lowest BCUT2D eigenvalue weighted by molar-refractivity contribution is -0.117. The van der Waals surface area contributed by atoms with Gasteiger partial charge < -0.3 is 14.2 Å². The fourth-order valence-corrected chi connectivity index (χ4v) is 6.78. The van der Waals surface area contributed by atoms with Crippen LogP contribution in [0.2, 0.25) is 0 Å². The Kier molecular flexibility index (Phi) is 9.18. The van der Waals surface area contributed by atoms with Crippen LogP contribution in [0.15, 0.2) is 0 Å². The molecule has 4 atom stereocenters. The van der Waals surface area contributed by atoms with E-state index in [1.807, 2.05) is 0 Å². The Bertz CT molecular complexity index is 441. The van der Waals surface area contributed by atoms with Crippen molar-refractivity contribution in [2.75, 3.05) is 26.4 Å². The van der Waals surface area contributed by atoms with Crippen molar-refractivity contribution >= 4 is 0 Å². The van der Waals surface area contributed by atoms with Crippen molar-refractivity contribution in [2.45, 2.75) is 115 Å². The quantitative estimate of drug-likeness (QED) is 0.407. The summed E-state index contributed by atoms with van der Waals surface area (Å²) in [5.41, 5.74) is 0. The number of hydrogen-bond acceptors (Lipinski definition) is 3. The molecule has 0 aromatic heterocycles. The van der Waals surface area contributed by atoms with Crippen molar-refractivity contribution in [3.05, 3.63) is 0 Å². The van der Waals surface area contributed by atoms with E-state index in [2.05, 4.69) is 0 Å². The van der Waals surface area contributed by atoms with E-state index < -0.39 is 0 Å².